The van der Waals surface area contributed by atoms with Gasteiger partial charge >= 0.3 is 6.18 Å². The number of aromatic nitrogens is 2. The first-order valence-electron chi connectivity index (χ1n) is 10.5. The van der Waals surface area contributed by atoms with Gasteiger partial charge < -0.3 is 4.90 Å². The smallest absolute Gasteiger partial charge is 0.337 e. The molecular formula is C22H27F3N4O. The molecule has 1 aromatic carbocycles. The van der Waals surface area contributed by atoms with E-state index in [9.17, 15) is 18.0 Å². The number of aryl methyl sites for hydroxylation is 1. The van der Waals surface area contributed by atoms with Gasteiger partial charge in [-0.3, -0.25) is 14.4 Å². The molecule has 2 saturated heterocycles. The van der Waals surface area contributed by atoms with E-state index < -0.39 is 11.7 Å². The number of alkyl halides is 3. The molecule has 0 spiro atoms. The Kier molecular flexibility index (Phi) is 5.61. The number of carbonyl (C=O) groups is 1. The summed E-state index contributed by atoms with van der Waals surface area (Å²) in [4.78, 5) is 17.1. The number of carbonyl (C=O) groups excluding carboxylic acids is 1. The quantitative estimate of drug-likeness (QED) is 0.752. The van der Waals surface area contributed by atoms with Crippen LogP contribution in [0.15, 0.2) is 30.5 Å². The largest absolute Gasteiger partial charge is 0.416 e. The summed E-state index contributed by atoms with van der Waals surface area (Å²) in [5.74, 6) is 0.0421. The molecule has 2 aliphatic heterocycles. The molecule has 0 unspecified atom stereocenters. The highest BCUT2D eigenvalue weighted by molar-refractivity contribution is 5.94. The minimum atomic E-state index is -4.45. The summed E-state index contributed by atoms with van der Waals surface area (Å²) in [5, 5.41) is 4.43. The molecule has 4 rings (SSSR count). The first kappa shape index (κ1) is 20.9. The molecule has 5 nitrogen and oxygen atoms in total. The van der Waals surface area contributed by atoms with E-state index in [1.807, 2.05) is 10.9 Å². The first-order chi connectivity index (χ1) is 14.3. The van der Waals surface area contributed by atoms with E-state index in [1.54, 1.807) is 4.90 Å². The molecule has 30 heavy (non-hydrogen) atoms. The molecule has 2 atom stereocenters. The lowest BCUT2D eigenvalue weighted by Crippen LogP contribution is -2.44. The van der Waals surface area contributed by atoms with Crippen molar-refractivity contribution in [2.75, 3.05) is 19.6 Å². The molecule has 0 aliphatic carbocycles. The van der Waals surface area contributed by atoms with Crippen LogP contribution in [0.2, 0.25) is 0 Å². The number of hydrogen-bond donors (Lipinski definition) is 0. The molecule has 0 bridgehead atoms. The van der Waals surface area contributed by atoms with Crippen LogP contribution in [0.3, 0.4) is 0 Å². The van der Waals surface area contributed by atoms with Gasteiger partial charge in [0.15, 0.2) is 0 Å². The van der Waals surface area contributed by atoms with Gasteiger partial charge in [0, 0.05) is 49.0 Å². The minimum absolute atomic E-state index is 0.107. The van der Waals surface area contributed by atoms with Gasteiger partial charge in [-0.2, -0.15) is 18.3 Å². The lowest BCUT2D eigenvalue weighted by atomic mass is 9.92. The van der Waals surface area contributed by atoms with Crippen molar-refractivity contribution in [1.82, 2.24) is 19.6 Å². The van der Waals surface area contributed by atoms with Gasteiger partial charge in [0.1, 0.15) is 0 Å². The number of nitrogens with zero attached hydrogens (tertiary/aromatic N) is 4. The zero-order valence-electron chi connectivity index (χ0n) is 17.3. The molecule has 2 aliphatic rings. The predicted octanol–water partition coefficient (Wildman–Crippen LogP) is 3.97. The van der Waals surface area contributed by atoms with Crippen molar-refractivity contribution in [3.05, 3.63) is 52.8 Å². The predicted molar refractivity (Wildman–Crippen MR) is 107 cm³/mol. The van der Waals surface area contributed by atoms with Crippen LogP contribution in [0.4, 0.5) is 13.2 Å². The van der Waals surface area contributed by atoms with Crippen molar-refractivity contribution in [2.24, 2.45) is 5.92 Å². The minimum Gasteiger partial charge on any atom is -0.337 e. The van der Waals surface area contributed by atoms with Crippen molar-refractivity contribution < 1.29 is 18.0 Å². The first-order valence-corrected chi connectivity index (χ1v) is 10.5. The molecular weight excluding hydrogens is 393 g/mol. The molecule has 0 radical (unpaired) electrons. The van der Waals surface area contributed by atoms with Crippen LogP contribution in [0.25, 0.3) is 0 Å². The van der Waals surface area contributed by atoms with E-state index in [0.29, 0.717) is 19.0 Å². The Bertz CT molecular complexity index is 923. The third kappa shape index (κ3) is 3.97. The van der Waals surface area contributed by atoms with E-state index >= 15 is 0 Å². The normalized spacial score (nSPS) is 22.4. The second kappa shape index (κ2) is 8.06. The highest BCUT2D eigenvalue weighted by Crippen LogP contribution is 2.34. The van der Waals surface area contributed by atoms with Crippen molar-refractivity contribution in [2.45, 2.75) is 52.0 Å². The standard InChI is InChI=1S/C22H27F3N4O/c1-3-29-15(2)18(11-26-29)13-27-9-5-7-17-12-28(14-20(17)27)21(30)16-6-4-8-19(10-16)22(23,24)25/h4,6,8,10-11,17,20H,3,5,7,9,12-14H2,1-2H3/t17-,20+/m1/s1. The Hall–Kier alpha value is -2.35. The molecule has 2 aromatic rings. The second-order valence-electron chi connectivity index (χ2n) is 8.30. The molecule has 1 amide bonds. The van der Waals surface area contributed by atoms with Gasteiger partial charge in [0.25, 0.3) is 5.91 Å². The van der Waals surface area contributed by atoms with E-state index in [-0.39, 0.29) is 17.5 Å². The third-order valence-corrected chi connectivity index (χ3v) is 6.50. The molecule has 162 valence electrons. The van der Waals surface area contributed by atoms with Crippen LogP contribution in [0.1, 0.15) is 46.9 Å². The molecule has 3 heterocycles. The number of amides is 1. The van der Waals surface area contributed by atoms with Crippen molar-refractivity contribution in [1.29, 1.82) is 0 Å². The fraction of sp³-hybridized carbons (Fsp3) is 0.545. The maximum absolute atomic E-state index is 13.0. The Balaban J connectivity index is 1.49. The highest BCUT2D eigenvalue weighted by Gasteiger charge is 2.41. The molecule has 8 heteroatoms. The van der Waals surface area contributed by atoms with Gasteiger partial charge in [0.05, 0.1) is 11.8 Å². The van der Waals surface area contributed by atoms with Crippen LogP contribution >= 0.6 is 0 Å². The maximum atomic E-state index is 13.0. The molecule has 0 saturated carbocycles. The van der Waals surface area contributed by atoms with Gasteiger partial charge in [-0.05, 0) is 57.4 Å². The summed E-state index contributed by atoms with van der Waals surface area (Å²) in [6.07, 6.45) is -0.426. The Labute approximate surface area is 174 Å². The summed E-state index contributed by atoms with van der Waals surface area (Å²) in [6, 6.07) is 4.98. The van der Waals surface area contributed by atoms with Gasteiger partial charge in [0.2, 0.25) is 0 Å². The number of rotatable bonds is 4. The molecule has 1 aromatic heterocycles. The average molecular weight is 420 g/mol. The Morgan fingerprint density at radius 1 is 1.27 bits per heavy atom. The molecule has 0 N–H and O–H groups in total. The van der Waals surface area contributed by atoms with Crippen LogP contribution < -0.4 is 0 Å². The zero-order valence-corrected chi connectivity index (χ0v) is 17.3. The topological polar surface area (TPSA) is 41.4 Å². The number of benzene rings is 1. The summed E-state index contributed by atoms with van der Waals surface area (Å²) >= 11 is 0. The summed E-state index contributed by atoms with van der Waals surface area (Å²) in [6.45, 7) is 7.88. The summed E-state index contributed by atoms with van der Waals surface area (Å²) in [7, 11) is 0. The van der Waals surface area contributed by atoms with Crippen LogP contribution in [0.5, 0.6) is 0 Å². The lowest BCUT2D eigenvalue weighted by molar-refractivity contribution is -0.137. The lowest BCUT2D eigenvalue weighted by Gasteiger charge is -2.36. The fourth-order valence-corrected chi connectivity index (χ4v) is 4.83. The highest BCUT2D eigenvalue weighted by atomic mass is 19.4. The van der Waals surface area contributed by atoms with Gasteiger partial charge in [-0.1, -0.05) is 6.07 Å². The summed E-state index contributed by atoms with van der Waals surface area (Å²) in [5.41, 5.74) is 1.68. The van der Waals surface area contributed by atoms with E-state index in [0.717, 1.165) is 50.3 Å². The SMILES string of the molecule is CCn1ncc(CN2CCC[C@@H]3CN(C(=O)c4cccc(C(F)(F)F)c4)C[C@@H]32)c1C. The number of halogens is 3. The van der Waals surface area contributed by atoms with Gasteiger partial charge in [-0.25, -0.2) is 0 Å². The third-order valence-electron chi connectivity index (χ3n) is 6.50. The van der Waals surface area contributed by atoms with Crippen LogP contribution in [-0.2, 0) is 19.3 Å². The van der Waals surface area contributed by atoms with E-state index in [1.165, 1.54) is 17.7 Å². The Morgan fingerprint density at radius 2 is 2.07 bits per heavy atom. The molecule has 2 fully saturated rings. The number of likely N-dealkylation sites (tertiary alicyclic amines) is 2. The maximum Gasteiger partial charge on any atom is 0.416 e. The van der Waals surface area contributed by atoms with Crippen LogP contribution in [0, 0.1) is 12.8 Å². The zero-order chi connectivity index (χ0) is 21.5. The Morgan fingerprint density at radius 3 is 2.77 bits per heavy atom. The fourth-order valence-electron chi connectivity index (χ4n) is 4.83. The van der Waals surface area contributed by atoms with Crippen molar-refractivity contribution in [3.8, 4) is 0 Å². The average Bonchev–Trinajstić information content (AvgIpc) is 3.31. The number of hydrogen-bond acceptors (Lipinski definition) is 3. The second-order valence-corrected chi connectivity index (χ2v) is 8.30. The summed E-state index contributed by atoms with van der Waals surface area (Å²) < 4.78 is 41.1. The van der Waals surface area contributed by atoms with E-state index in [4.69, 9.17) is 0 Å². The van der Waals surface area contributed by atoms with Gasteiger partial charge in [-0.15, -0.1) is 0 Å². The monoisotopic (exact) mass is 420 g/mol. The van der Waals surface area contributed by atoms with Crippen molar-refractivity contribution in [3.63, 3.8) is 0 Å². The number of fused-ring (bicyclic) bond motifs is 1. The number of piperidine rings is 1. The van der Waals surface area contributed by atoms with E-state index in [2.05, 4.69) is 23.8 Å². The van der Waals surface area contributed by atoms with Crippen LogP contribution in [-0.4, -0.2) is 51.2 Å². The van der Waals surface area contributed by atoms with Crippen molar-refractivity contribution >= 4 is 5.91 Å².